The minimum atomic E-state index is -5.21. The second kappa shape index (κ2) is 9.60. The highest BCUT2D eigenvalue weighted by Gasteiger charge is 2.54. The lowest BCUT2D eigenvalue weighted by atomic mass is 10.0. The second-order valence-electron chi connectivity index (χ2n) is 9.65. The van der Waals surface area contributed by atoms with Crippen LogP contribution in [0.4, 0.5) is 18.9 Å². The third-order valence-corrected chi connectivity index (χ3v) is 7.10. The molecule has 200 valence electrons. The number of hydrogen-bond acceptors (Lipinski definition) is 7. The number of rotatable bonds is 5. The largest absolute Gasteiger partial charge is 0.447 e. The van der Waals surface area contributed by atoms with Gasteiger partial charge in [-0.05, 0) is 29.8 Å². The Kier molecular flexibility index (Phi) is 6.21. The molecule has 1 aliphatic heterocycles. The van der Waals surface area contributed by atoms with E-state index in [0.29, 0.717) is 11.4 Å². The fourth-order valence-corrected chi connectivity index (χ4v) is 4.95. The van der Waals surface area contributed by atoms with Gasteiger partial charge in [-0.15, -0.1) is 0 Å². The van der Waals surface area contributed by atoms with E-state index in [1.54, 1.807) is 12.4 Å². The number of fused-ring (bicyclic) bond motifs is 2. The van der Waals surface area contributed by atoms with E-state index in [0.717, 1.165) is 72.6 Å². The van der Waals surface area contributed by atoms with Gasteiger partial charge in [0.25, 0.3) is 5.79 Å². The minimum Gasteiger partial charge on any atom is -0.367 e. The number of hydrogen-bond donors (Lipinski definition) is 3. The summed E-state index contributed by atoms with van der Waals surface area (Å²) in [5.74, 6) is -3.44. The van der Waals surface area contributed by atoms with Crippen LogP contribution >= 0.6 is 0 Å². The Labute approximate surface area is 221 Å². The van der Waals surface area contributed by atoms with Crippen molar-refractivity contribution in [2.75, 3.05) is 31.1 Å². The van der Waals surface area contributed by atoms with Crippen LogP contribution in [-0.2, 0) is 12.3 Å². The number of nitrogens with zero attached hydrogens (tertiary/aromatic N) is 5. The predicted octanol–water partition coefficient (Wildman–Crippen LogP) is 4.20. The summed E-state index contributed by atoms with van der Waals surface area (Å²) in [6, 6.07) is 16.9. The molecule has 6 rings (SSSR count). The van der Waals surface area contributed by atoms with Crippen LogP contribution in [0.25, 0.3) is 33.5 Å². The Morgan fingerprint density at radius 1 is 0.846 bits per heavy atom. The number of alkyl halides is 3. The monoisotopic (exact) mass is 534 g/mol. The van der Waals surface area contributed by atoms with E-state index < -0.39 is 17.5 Å². The zero-order valence-electron chi connectivity index (χ0n) is 20.7. The molecule has 2 aromatic heterocycles. The number of imidazole rings is 1. The molecule has 3 heterocycles. The van der Waals surface area contributed by atoms with Crippen molar-refractivity contribution in [1.82, 2.24) is 24.8 Å². The Morgan fingerprint density at radius 2 is 1.56 bits per heavy atom. The number of nitrogens with one attached hydrogen (secondary N) is 1. The molecule has 1 fully saturated rings. The SMILES string of the molecule is OC(O)(c1ccc(-c2nc3c(N4CCN(Cc5ccc6nccnc6c5)CC4)cccc3[nH]2)cc1)C(F)(F)F. The molecule has 0 unspecified atom stereocenters. The van der Waals surface area contributed by atoms with E-state index in [2.05, 4.69) is 36.9 Å². The maximum absolute atomic E-state index is 13.0. The first-order valence-corrected chi connectivity index (χ1v) is 12.5. The van der Waals surface area contributed by atoms with Gasteiger partial charge in [-0.3, -0.25) is 14.9 Å². The van der Waals surface area contributed by atoms with Crippen LogP contribution in [0.1, 0.15) is 11.1 Å². The highest BCUT2D eigenvalue weighted by Crippen LogP contribution is 2.37. The third kappa shape index (κ3) is 4.80. The number of benzene rings is 3. The zero-order valence-corrected chi connectivity index (χ0v) is 20.7. The van der Waals surface area contributed by atoms with Gasteiger partial charge in [0, 0.05) is 56.2 Å². The normalized spacial score (nSPS) is 15.4. The molecule has 11 heteroatoms. The predicted molar refractivity (Wildman–Crippen MR) is 141 cm³/mol. The Balaban J connectivity index is 1.17. The number of aromatic nitrogens is 4. The fraction of sp³-hybridized carbons (Fsp3) is 0.250. The molecule has 0 bridgehead atoms. The quantitative estimate of drug-likeness (QED) is 0.291. The smallest absolute Gasteiger partial charge is 0.367 e. The molecule has 39 heavy (non-hydrogen) atoms. The Morgan fingerprint density at radius 3 is 2.28 bits per heavy atom. The minimum absolute atomic E-state index is 0.482. The first-order valence-electron chi connectivity index (χ1n) is 12.5. The first kappa shape index (κ1) is 25.2. The van der Waals surface area contributed by atoms with Crippen molar-refractivity contribution in [1.29, 1.82) is 0 Å². The molecule has 1 aliphatic rings. The van der Waals surface area contributed by atoms with Gasteiger partial charge in [-0.1, -0.05) is 36.4 Å². The van der Waals surface area contributed by atoms with Gasteiger partial charge in [-0.25, -0.2) is 4.98 Å². The molecule has 8 nitrogen and oxygen atoms in total. The average molecular weight is 535 g/mol. The molecule has 5 aromatic rings. The highest BCUT2D eigenvalue weighted by atomic mass is 19.4. The molecule has 0 amide bonds. The summed E-state index contributed by atoms with van der Waals surface area (Å²) >= 11 is 0. The Hall–Kier alpha value is -4.06. The van der Waals surface area contributed by atoms with Gasteiger partial charge >= 0.3 is 6.18 Å². The molecule has 0 spiro atoms. The maximum atomic E-state index is 13.0. The van der Waals surface area contributed by atoms with Crippen LogP contribution in [0.15, 0.2) is 73.1 Å². The molecule has 3 aromatic carbocycles. The van der Waals surface area contributed by atoms with Gasteiger partial charge in [0.05, 0.1) is 22.2 Å². The van der Waals surface area contributed by atoms with E-state index in [1.807, 2.05) is 24.3 Å². The number of piperazine rings is 1. The summed E-state index contributed by atoms with van der Waals surface area (Å²) < 4.78 is 38.9. The van der Waals surface area contributed by atoms with Crippen molar-refractivity contribution >= 4 is 27.8 Å². The van der Waals surface area contributed by atoms with E-state index >= 15 is 0 Å². The van der Waals surface area contributed by atoms with Crippen molar-refractivity contribution in [3.8, 4) is 11.4 Å². The summed E-state index contributed by atoms with van der Waals surface area (Å²) in [5.41, 5.74) is 5.38. The lowest BCUT2D eigenvalue weighted by molar-refractivity contribution is -0.358. The van der Waals surface area contributed by atoms with Gasteiger partial charge in [0.1, 0.15) is 11.3 Å². The van der Waals surface area contributed by atoms with Crippen LogP contribution in [-0.4, -0.2) is 67.4 Å². The van der Waals surface area contributed by atoms with Gasteiger partial charge in [0.15, 0.2) is 0 Å². The zero-order chi connectivity index (χ0) is 27.2. The van der Waals surface area contributed by atoms with Crippen LogP contribution < -0.4 is 4.90 Å². The van der Waals surface area contributed by atoms with Crippen molar-refractivity contribution in [3.05, 3.63) is 84.2 Å². The molecule has 0 radical (unpaired) electrons. The standard InChI is InChI=1S/C28H25F3N6O2/c29-28(30,31)27(38,39)20-7-5-19(6-8-20)26-34-22-2-1-3-24(25(22)35-26)37-14-12-36(13-15-37)17-18-4-9-21-23(16-18)33-11-10-32-21/h1-11,16,38-39H,12-15,17H2,(H,34,35). The van der Waals surface area contributed by atoms with E-state index in [4.69, 9.17) is 4.98 Å². The third-order valence-electron chi connectivity index (χ3n) is 7.10. The second-order valence-corrected chi connectivity index (χ2v) is 9.65. The van der Waals surface area contributed by atoms with Crippen molar-refractivity contribution < 1.29 is 23.4 Å². The van der Waals surface area contributed by atoms with E-state index in [9.17, 15) is 23.4 Å². The summed E-state index contributed by atoms with van der Waals surface area (Å²) in [6.07, 6.45) is -1.82. The topological polar surface area (TPSA) is 101 Å². The van der Waals surface area contributed by atoms with Crippen molar-refractivity contribution in [2.45, 2.75) is 18.5 Å². The number of para-hydroxylation sites is 1. The Bertz CT molecular complexity index is 1630. The number of anilines is 1. The van der Waals surface area contributed by atoms with E-state index in [-0.39, 0.29) is 0 Å². The van der Waals surface area contributed by atoms with Crippen molar-refractivity contribution in [2.24, 2.45) is 0 Å². The lowest BCUT2D eigenvalue weighted by Crippen LogP contribution is -2.46. The van der Waals surface area contributed by atoms with E-state index in [1.165, 1.54) is 17.7 Å². The molecular formula is C28H25F3N6O2. The summed E-state index contributed by atoms with van der Waals surface area (Å²) in [7, 11) is 0. The van der Waals surface area contributed by atoms with Gasteiger partial charge < -0.3 is 20.1 Å². The molecular weight excluding hydrogens is 509 g/mol. The highest BCUT2D eigenvalue weighted by molar-refractivity contribution is 5.91. The summed E-state index contributed by atoms with van der Waals surface area (Å²) in [6.45, 7) is 4.20. The molecule has 0 atom stereocenters. The van der Waals surface area contributed by atoms with Crippen LogP contribution in [0.2, 0.25) is 0 Å². The molecule has 0 aliphatic carbocycles. The van der Waals surface area contributed by atoms with Crippen LogP contribution in [0.3, 0.4) is 0 Å². The number of halogens is 3. The molecule has 3 N–H and O–H groups in total. The van der Waals surface area contributed by atoms with Gasteiger partial charge in [0.2, 0.25) is 0 Å². The average Bonchev–Trinajstić information content (AvgIpc) is 3.38. The summed E-state index contributed by atoms with van der Waals surface area (Å²) in [4.78, 5) is 21.4. The summed E-state index contributed by atoms with van der Waals surface area (Å²) in [5, 5.41) is 19.0. The maximum Gasteiger partial charge on any atom is 0.447 e. The number of aliphatic hydroxyl groups is 2. The molecule has 1 saturated heterocycles. The van der Waals surface area contributed by atoms with Crippen LogP contribution in [0.5, 0.6) is 0 Å². The lowest BCUT2D eigenvalue weighted by Gasteiger charge is -2.36. The first-order chi connectivity index (χ1) is 18.7. The fourth-order valence-electron chi connectivity index (χ4n) is 4.95. The van der Waals surface area contributed by atoms with Crippen LogP contribution in [0, 0.1) is 0 Å². The van der Waals surface area contributed by atoms with Gasteiger partial charge in [-0.2, -0.15) is 13.2 Å². The number of aromatic amines is 1. The molecule has 0 saturated carbocycles. The number of H-pyrrole nitrogens is 1. The van der Waals surface area contributed by atoms with Crippen molar-refractivity contribution in [3.63, 3.8) is 0 Å².